The number of hydrogen-bond acceptors (Lipinski definition) is 4. The van der Waals surface area contributed by atoms with Gasteiger partial charge in [-0.15, -0.1) is 0 Å². The number of benzene rings is 3. The van der Waals surface area contributed by atoms with E-state index in [0.717, 1.165) is 22.1 Å². The molecule has 0 saturated carbocycles. The minimum Gasteiger partial charge on any atom is -0.321 e. The lowest BCUT2D eigenvalue weighted by atomic mass is 9.99. The van der Waals surface area contributed by atoms with Crippen molar-refractivity contribution in [1.82, 2.24) is 4.98 Å². The van der Waals surface area contributed by atoms with Gasteiger partial charge in [-0.05, 0) is 53.5 Å². The Kier molecular flexibility index (Phi) is 5.52. The number of aromatic nitrogens is 1. The lowest BCUT2D eigenvalue weighted by Gasteiger charge is -2.13. The number of rotatable bonds is 4. The monoisotopic (exact) mass is 475 g/mol. The number of nitro groups is 1. The van der Waals surface area contributed by atoms with Gasteiger partial charge in [-0.2, -0.15) is 0 Å². The molecular weight excluding hydrogens is 458 g/mol. The summed E-state index contributed by atoms with van der Waals surface area (Å²) in [5.41, 5.74) is 5.49. The second-order valence-corrected chi connectivity index (χ2v) is 8.12. The lowest BCUT2D eigenvalue weighted by Crippen LogP contribution is -2.13. The minimum absolute atomic E-state index is 0.0589. The summed E-state index contributed by atoms with van der Waals surface area (Å²) in [5.74, 6) is -0.320. The summed E-state index contributed by atoms with van der Waals surface area (Å²) in [6.45, 7) is 4.05. The fourth-order valence-corrected chi connectivity index (χ4v) is 3.98. The fourth-order valence-electron chi connectivity index (χ4n) is 3.51. The van der Waals surface area contributed by atoms with Gasteiger partial charge in [0.2, 0.25) is 0 Å². The molecule has 0 unspecified atom stereocenters. The van der Waals surface area contributed by atoms with Gasteiger partial charge in [0.25, 0.3) is 11.6 Å². The molecule has 3 aromatic carbocycles. The molecule has 0 spiro atoms. The molecule has 31 heavy (non-hydrogen) atoms. The molecule has 4 rings (SSSR count). The largest absolute Gasteiger partial charge is 0.321 e. The average molecular weight is 476 g/mol. The van der Waals surface area contributed by atoms with Crippen LogP contribution in [0.4, 0.5) is 11.4 Å². The topological polar surface area (TPSA) is 85.1 Å². The van der Waals surface area contributed by atoms with Crippen molar-refractivity contribution in [3.05, 3.63) is 98.0 Å². The molecular formula is C24H18BrN3O3. The molecule has 0 aliphatic rings. The Morgan fingerprint density at radius 3 is 2.52 bits per heavy atom. The highest BCUT2D eigenvalue weighted by molar-refractivity contribution is 9.10. The molecule has 0 aliphatic carbocycles. The molecule has 1 N–H and O–H groups in total. The zero-order valence-electron chi connectivity index (χ0n) is 16.8. The Hall–Kier alpha value is -3.58. The Labute approximate surface area is 187 Å². The van der Waals surface area contributed by atoms with E-state index in [1.54, 1.807) is 6.07 Å². The van der Waals surface area contributed by atoms with Crippen LogP contribution in [-0.4, -0.2) is 15.8 Å². The van der Waals surface area contributed by atoms with E-state index in [1.165, 1.54) is 18.2 Å². The summed E-state index contributed by atoms with van der Waals surface area (Å²) in [7, 11) is 0. The molecule has 4 aromatic rings. The maximum atomic E-state index is 13.2. The van der Waals surface area contributed by atoms with Crippen molar-refractivity contribution in [2.45, 2.75) is 13.8 Å². The fraction of sp³-hybridized carbons (Fsp3) is 0.0833. The number of amides is 1. The number of aryl methyl sites for hydroxylation is 2. The smallest absolute Gasteiger partial charge is 0.270 e. The first-order valence-corrected chi connectivity index (χ1v) is 10.4. The maximum absolute atomic E-state index is 13.2. The summed E-state index contributed by atoms with van der Waals surface area (Å²) in [6, 6.07) is 19.6. The van der Waals surface area contributed by atoms with Crippen LogP contribution in [0, 0.1) is 24.0 Å². The third-order valence-corrected chi connectivity index (χ3v) is 5.69. The highest BCUT2D eigenvalue weighted by Gasteiger charge is 2.17. The number of anilines is 1. The van der Waals surface area contributed by atoms with E-state index in [4.69, 9.17) is 4.98 Å². The van der Waals surface area contributed by atoms with E-state index in [0.29, 0.717) is 26.9 Å². The predicted octanol–water partition coefficient (Wildman–Crippen LogP) is 6.44. The van der Waals surface area contributed by atoms with Crippen LogP contribution in [0.1, 0.15) is 21.5 Å². The number of non-ortho nitro benzene ring substituents is 1. The number of halogens is 1. The molecule has 0 bridgehead atoms. The second kappa shape index (κ2) is 8.28. The number of nitro benzene ring substituents is 1. The number of carbonyl (C=O) groups excluding carboxylic acids is 1. The van der Waals surface area contributed by atoms with E-state index in [9.17, 15) is 14.9 Å². The van der Waals surface area contributed by atoms with Gasteiger partial charge in [-0.3, -0.25) is 14.9 Å². The molecule has 1 aromatic heterocycles. The Bertz CT molecular complexity index is 1350. The predicted molar refractivity (Wildman–Crippen MR) is 125 cm³/mol. The summed E-state index contributed by atoms with van der Waals surface area (Å²) in [6.07, 6.45) is 0. The van der Waals surface area contributed by atoms with E-state index < -0.39 is 4.92 Å². The number of hydrogen-bond donors (Lipinski definition) is 1. The van der Waals surface area contributed by atoms with E-state index in [1.807, 2.05) is 50.2 Å². The van der Waals surface area contributed by atoms with Crippen molar-refractivity contribution < 1.29 is 9.72 Å². The first-order chi connectivity index (χ1) is 14.8. The van der Waals surface area contributed by atoms with Crippen LogP contribution in [-0.2, 0) is 0 Å². The van der Waals surface area contributed by atoms with Gasteiger partial charge >= 0.3 is 0 Å². The van der Waals surface area contributed by atoms with Gasteiger partial charge in [0.15, 0.2) is 0 Å². The lowest BCUT2D eigenvalue weighted by molar-refractivity contribution is -0.384. The highest BCUT2D eigenvalue weighted by Crippen LogP contribution is 2.30. The normalized spacial score (nSPS) is 10.8. The van der Waals surface area contributed by atoms with Crippen molar-refractivity contribution in [3.63, 3.8) is 0 Å². The standard InChI is InChI=1S/C24H18BrN3O3/c1-14-7-9-17(15(2)11-14)23-13-19(18-5-3-4-6-21(18)26-23)24(29)27-22-10-8-16(28(30)31)12-20(22)25/h3-13H,1-2H3,(H,27,29). The van der Waals surface area contributed by atoms with Gasteiger partial charge in [0, 0.05) is 27.6 Å². The van der Waals surface area contributed by atoms with Crippen molar-refractivity contribution in [2.24, 2.45) is 0 Å². The zero-order valence-corrected chi connectivity index (χ0v) is 18.4. The van der Waals surface area contributed by atoms with E-state index in [2.05, 4.69) is 27.3 Å². The minimum atomic E-state index is -0.483. The van der Waals surface area contributed by atoms with Crippen molar-refractivity contribution in [2.75, 3.05) is 5.32 Å². The van der Waals surface area contributed by atoms with Crippen LogP contribution >= 0.6 is 15.9 Å². The maximum Gasteiger partial charge on any atom is 0.270 e. The molecule has 6 nitrogen and oxygen atoms in total. The molecule has 7 heteroatoms. The number of fused-ring (bicyclic) bond motifs is 1. The Morgan fingerprint density at radius 1 is 1.03 bits per heavy atom. The Balaban J connectivity index is 1.79. The number of nitrogens with one attached hydrogen (secondary N) is 1. The van der Waals surface area contributed by atoms with Crippen molar-refractivity contribution in [1.29, 1.82) is 0 Å². The van der Waals surface area contributed by atoms with Gasteiger partial charge in [-0.1, -0.05) is 42.0 Å². The first kappa shape index (κ1) is 20.7. The first-order valence-electron chi connectivity index (χ1n) is 9.56. The molecule has 0 fully saturated rings. The summed E-state index contributed by atoms with van der Waals surface area (Å²) < 4.78 is 0.433. The zero-order chi connectivity index (χ0) is 22.1. The van der Waals surface area contributed by atoms with Gasteiger partial charge in [-0.25, -0.2) is 4.98 Å². The SMILES string of the molecule is Cc1ccc(-c2cc(C(=O)Nc3ccc([N+](=O)[O-])cc3Br)c3ccccc3n2)c(C)c1. The van der Waals surface area contributed by atoms with Gasteiger partial charge < -0.3 is 5.32 Å². The molecule has 0 atom stereocenters. The van der Waals surface area contributed by atoms with Gasteiger partial charge in [0.1, 0.15) is 0 Å². The van der Waals surface area contributed by atoms with Crippen LogP contribution in [0.3, 0.4) is 0 Å². The van der Waals surface area contributed by atoms with Crippen LogP contribution in [0.5, 0.6) is 0 Å². The second-order valence-electron chi connectivity index (χ2n) is 7.27. The van der Waals surface area contributed by atoms with Crippen LogP contribution in [0.25, 0.3) is 22.2 Å². The van der Waals surface area contributed by atoms with Gasteiger partial charge in [0.05, 0.1) is 27.4 Å². The summed E-state index contributed by atoms with van der Waals surface area (Å²) >= 11 is 3.30. The number of para-hydroxylation sites is 1. The number of carbonyl (C=O) groups is 1. The molecule has 1 amide bonds. The van der Waals surface area contributed by atoms with E-state index in [-0.39, 0.29) is 11.6 Å². The third-order valence-electron chi connectivity index (χ3n) is 5.03. The quantitative estimate of drug-likeness (QED) is 0.271. The van der Waals surface area contributed by atoms with Crippen LogP contribution in [0.2, 0.25) is 0 Å². The summed E-state index contributed by atoms with van der Waals surface area (Å²) in [4.78, 5) is 28.5. The average Bonchev–Trinajstić information content (AvgIpc) is 2.74. The van der Waals surface area contributed by atoms with Crippen molar-refractivity contribution >= 4 is 44.1 Å². The number of nitrogens with zero attached hydrogens (tertiary/aromatic N) is 2. The molecule has 154 valence electrons. The number of pyridine rings is 1. The summed E-state index contributed by atoms with van der Waals surface area (Å²) in [5, 5.41) is 14.5. The molecule has 1 heterocycles. The molecule has 0 aliphatic heterocycles. The Morgan fingerprint density at radius 2 is 1.81 bits per heavy atom. The highest BCUT2D eigenvalue weighted by atomic mass is 79.9. The van der Waals surface area contributed by atoms with Crippen molar-refractivity contribution in [3.8, 4) is 11.3 Å². The third kappa shape index (κ3) is 4.18. The van der Waals surface area contributed by atoms with Crippen LogP contribution in [0.15, 0.2) is 71.2 Å². The van der Waals surface area contributed by atoms with E-state index >= 15 is 0 Å². The molecule has 0 radical (unpaired) electrons. The molecule has 0 saturated heterocycles. The van der Waals surface area contributed by atoms with Crippen LogP contribution < -0.4 is 5.32 Å².